The molecule has 0 saturated heterocycles. The highest BCUT2D eigenvalue weighted by Gasteiger charge is 2.42. The van der Waals surface area contributed by atoms with Crippen molar-refractivity contribution >= 4 is 17.9 Å². The fraction of sp³-hybridized carbons (Fsp3) is 0.353. The molecule has 0 radical (unpaired) electrons. The summed E-state index contributed by atoms with van der Waals surface area (Å²) in [6.45, 7) is 6.61. The third kappa shape index (κ3) is 3.34. The van der Waals surface area contributed by atoms with Crippen LogP contribution in [0.2, 0.25) is 0 Å². The van der Waals surface area contributed by atoms with E-state index in [0.717, 1.165) is 10.0 Å². The second-order valence-corrected chi connectivity index (χ2v) is 5.93. The molecule has 0 atom stereocenters. The average molecular weight is 314 g/mol. The first-order chi connectivity index (χ1) is 10.8. The average Bonchev–Trinajstić information content (AvgIpc) is 2.71. The maximum atomic E-state index is 12.5. The summed E-state index contributed by atoms with van der Waals surface area (Å²) in [7, 11) is 0. The van der Waals surface area contributed by atoms with Gasteiger partial charge in [0.05, 0.1) is 11.1 Å². The van der Waals surface area contributed by atoms with Crippen LogP contribution in [0.25, 0.3) is 0 Å². The summed E-state index contributed by atoms with van der Waals surface area (Å²) < 4.78 is 5.28. The Hall–Kier alpha value is -2.81. The molecule has 1 aliphatic heterocycles. The molecule has 6 nitrogen and oxygen atoms in total. The van der Waals surface area contributed by atoms with Crippen molar-refractivity contribution in [3.8, 4) is 11.8 Å². The zero-order valence-corrected chi connectivity index (χ0v) is 13.5. The van der Waals surface area contributed by atoms with E-state index in [1.165, 1.54) is 0 Å². The Kier molecular flexibility index (Phi) is 4.41. The van der Waals surface area contributed by atoms with Gasteiger partial charge in [0.25, 0.3) is 11.8 Å². The Morgan fingerprint density at radius 2 is 1.70 bits per heavy atom. The van der Waals surface area contributed by atoms with Crippen LogP contribution in [0, 0.1) is 11.8 Å². The number of carbonyl (C=O) groups excluding carboxylic acids is 3. The molecule has 23 heavy (non-hydrogen) atoms. The molecular formula is C17H18N2O4. The number of hydrogen-bond donors (Lipinski definition) is 0. The molecule has 0 fully saturated rings. The van der Waals surface area contributed by atoms with E-state index < -0.39 is 23.5 Å². The SMILES string of the molecule is CC#CCN(C(=O)OC(C)(C)C)N1C(=O)c2ccccc2C1=O. The first-order valence-electron chi connectivity index (χ1n) is 7.14. The van der Waals surface area contributed by atoms with Crippen LogP contribution in [-0.2, 0) is 4.74 Å². The monoisotopic (exact) mass is 314 g/mol. The standard InChI is InChI=1S/C17H18N2O4/c1-5-6-11-18(16(22)23-17(2,3)4)19-14(20)12-9-7-8-10-13(12)15(19)21/h7-10H,11H2,1-4H3. The van der Waals surface area contributed by atoms with Gasteiger partial charge in [-0.05, 0) is 39.8 Å². The molecule has 1 aromatic carbocycles. The number of fused-ring (bicyclic) bond motifs is 1. The lowest BCUT2D eigenvalue weighted by Crippen LogP contribution is -2.51. The lowest BCUT2D eigenvalue weighted by molar-refractivity contribution is -0.0238. The van der Waals surface area contributed by atoms with E-state index in [1.54, 1.807) is 52.0 Å². The van der Waals surface area contributed by atoms with Gasteiger partial charge in [0.15, 0.2) is 0 Å². The minimum absolute atomic E-state index is 0.114. The molecule has 1 heterocycles. The molecule has 0 unspecified atom stereocenters. The van der Waals surface area contributed by atoms with Crippen molar-refractivity contribution in [2.24, 2.45) is 0 Å². The molecule has 6 heteroatoms. The number of amides is 3. The normalized spacial score (nSPS) is 13.3. The van der Waals surface area contributed by atoms with E-state index >= 15 is 0 Å². The largest absolute Gasteiger partial charge is 0.442 e. The van der Waals surface area contributed by atoms with E-state index in [1.807, 2.05) is 0 Å². The van der Waals surface area contributed by atoms with Crippen LogP contribution >= 0.6 is 0 Å². The summed E-state index contributed by atoms with van der Waals surface area (Å²) >= 11 is 0. The van der Waals surface area contributed by atoms with Gasteiger partial charge in [-0.1, -0.05) is 18.1 Å². The number of imide groups is 1. The molecule has 120 valence electrons. The van der Waals surface area contributed by atoms with Crippen LogP contribution < -0.4 is 0 Å². The van der Waals surface area contributed by atoms with Crippen LogP contribution in [0.4, 0.5) is 4.79 Å². The summed E-state index contributed by atoms with van der Waals surface area (Å²) in [6, 6.07) is 6.43. The van der Waals surface area contributed by atoms with Gasteiger partial charge in [0.2, 0.25) is 0 Å². The third-order valence-corrected chi connectivity index (χ3v) is 3.02. The Morgan fingerprint density at radius 1 is 1.17 bits per heavy atom. The van der Waals surface area contributed by atoms with E-state index in [0.29, 0.717) is 0 Å². The van der Waals surface area contributed by atoms with Gasteiger partial charge in [-0.2, -0.15) is 10.0 Å². The second kappa shape index (κ2) is 6.13. The molecule has 0 aromatic heterocycles. The van der Waals surface area contributed by atoms with Crippen molar-refractivity contribution in [1.29, 1.82) is 0 Å². The van der Waals surface area contributed by atoms with Crippen molar-refractivity contribution in [1.82, 2.24) is 10.0 Å². The molecule has 1 aromatic rings. The van der Waals surface area contributed by atoms with Crippen LogP contribution in [0.3, 0.4) is 0 Å². The smallest absolute Gasteiger partial charge is 0.430 e. The van der Waals surface area contributed by atoms with Crippen molar-refractivity contribution in [3.63, 3.8) is 0 Å². The van der Waals surface area contributed by atoms with Gasteiger partial charge < -0.3 is 4.74 Å². The van der Waals surface area contributed by atoms with E-state index in [-0.39, 0.29) is 17.7 Å². The molecule has 0 bridgehead atoms. The lowest BCUT2D eigenvalue weighted by Gasteiger charge is -2.30. The second-order valence-electron chi connectivity index (χ2n) is 5.93. The molecule has 0 saturated carbocycles. The van der Waals surface area contributed by atoms with Crippen LogP contribution in [-0.4, -0.2) is 40.1 Å². The minimum atomic E-state index is -0.797. The van der Waals surface area contributed by atoms with Gasteiger partial charge in [-0.25, -0.2) is 4.79 Å². The molecule has 3 amide bonds. The number of rotatable bonds is 2. The summed E-state index contributed by atoms with van der Waals surface area (Å²) in [6.07, 6.45) is -0.797. The zero-order valence-electron chi connectivity index (χ0n) is 13.5. The van der Waals surface area contributed by atoms with Gasteiger partial charge in [0.1, 0.15) is 12.1 Å². The number of hydrogen-bond acceptors (Lipinski definition) is 4. The number of carbonyl (C=O) groups is 3. The van der Waals surface area contributed by atoms with Gasteiger partial charge >= 0.3 is 6.09 Å². The zero-order chi connectivity index (χ0) is 17.2. The molecule has 0 N–H and O–H groups in total. The highest BCUT2D eigenvalue weighted by Crippen LogP contribution is 2.25. The Labute approximate surface area is 135 Å². The van der Waals surface area contributed by atoms with Crippen molar-refractivity contribution in [3.05, 3.63) is 35.4 Å². The quantitative estimate of drug-likeness (QED) is 0.621. The van der Waals surface area contributed by atoms with Crippen molar-refractivity contribution < 1.29 is 19.1 Å². The first-order valence-corrected chi connectivity index (χ1v) is 7.14. The predicted molar refractivity (Wildman–Crippen MR) is 83.3 cm³/mol. The Balaban J connectivity index is 2.37. The molecule has 1 aliphatic rings. The fourth-order valence-electron chi connectivity index (χ4n) is 2.08. The maximum Gasteiger partial charge on any atom is 0.430 e. The van der Waals surface area contributed by atoms with Gasteiger partial charge in [-0.15, -0.1) is 5.92 Å². The van der Waals surface area contributed by atoms with Gasteiger partial charge in [-0.3, -0.25) is 9.59 Å². The van der Waals surface area contributed by atoms with Crippen LogP contribution in [0.5, 0.6) is 0 Å². The van der Waals surface area contributed by atoms with Gasteiger partial charge in [0, 0.05) is 0 Å². The molecule has 0 aliphatic carbocycles. The lowest BCUT2D eigenvalue weighted by atomic mass is 10.1. The topological polar surface area (TPSA) is 66.9 Å². The van der Waals surface area contributed by atoms with Crippen molar-refractivity contribution in [2.75, 3.05) is 6.54 Å². The van der Waals surface area contributed by atoms with E-state index in [9.17, 15) is 14.4 Å². The highest BCUT2D eigenvalue weighted by atomic mass is 16.6. The number of hydrazine groups is 1. The minimum Gasteiger partial charge on any atom is -0.442 e. The fourth-order valence-corrected chi connectivity index (χ4v) is 2.08. The summed E-state index contributed by atoms with van der Waals surface area (Å²) in [5.74, 6) is 4.21. The molecule has 2 rings (SSSR count). The van der Waals surface area contributed by atoms with Crippen LogP contribution in [0.1, 0.15) is 48.4 Å². The Morgan fingerprint density at radius 3 is 2.13 bits per heavy atom. The summed E-state index contributed by atoms with van der Waals surface area (Å²) in [5, 5.41) is 1.73. The number of ether oxygens (including phenoxy) is 1. The highest BCUT2D eigenvalue weighted by molar-refractivity contribution is 6.21. The summed E-state index contributed by atoms with van der Waals surface area (Å²) in [5.41, 5.74) is -0.237. The summed E-state index contributed by atoms with van der Waals surface area (Å²) in [4.78, 5) is 37.4. The number of benzene rings is 1. The third-order valence-electron chi connectivity index (χ3n) is 3.02. The van der Waals surface area contributed by atoms with Crippen LogP contribution in [0.15, 0.2) is 24.3 Å². The van der Waals surface area contributed by atoms with E-state index in [2.05, 4.69) is 11.8 Å². The Bertz CT molecular complexity index is 687. The first kappa shape index (κ1) is 16.6. The van der Waals surface area contributed by atoms with E-state index in [4.69, 9.17) is 4.74 Å². The number of nitrogens with zero attached hydrogens (tertiary/aromatic N) is 2. The van der Waals surface area contributed by atoms with Crippen molar-refractivity contribution in [2.45, 2.75) is 33.3 Å². The predicted octanol–water partition coefficient (Wildman–Crippen LogP) is 2.46. The maximum absolute atomic E-state index is 12.5. The molecular weight excluding hydrogens is 296 g/mol. The molecule has 0 spiro atoms.